The zero-order valence-corrected chi connectivity index (χ0v) is 43.3. The van der Waals surface area contributed by atoms with Gasteiger partial charge in [-0.1, -0.05) is 45.0 Å². The molecule has 0 saturated carbocycles. The number of benzene rings is 3. The van der Waals surface area contributed by atoms with Crippen LogP contribution in [0.25, 0.3) is 22.5 Å². The molecule has 0 fully saturated rings. The smallest absolute Gasteiger partial charge is 0.255 e. The number of nitriles is 1. The van der Waals surface area contributed by atoms with Crippen LogP contribution < -0.4 is 57.4 Å². The summed E-state index contributed by atoms with van der Waals surface area (Å²) >= 11 is 0. The van der Waals surface area contributed by atoms with Crippen LogP contribution in [0.15, 0.2) is 48.5 Å². The summed E-state index contributed by atoms with van der Waals surface area (Å²) in [7, 11) is 4.05. The van der Waals surface area contributed by atoms with Gasteiger partial charge in [0.2, 0.25) is 23.6 Å². The maximum absolute atomic E-state index is 15.0. The largest absolute Gasteiger partial charge is 0.492 e. The van der Waals surface area contributed by atoms with Gasteiger partial charge in [-0.25, -0.2) is 9.97 Å². The summed E-state index contributed by atoms with van der Waals surface area (Å²) in [5.74, 6) is -3.29. The fraction of sp³-hybridized carbons (Fsp3) is 0.462. The molecule has 0 spiro atoms. The number of aliphatic hydroxyl groups excluding tert-OH is 2. The van der Waals surface area contributed by atoms with E-state index in [4.69, 9.17) is 36.1 Å². The molecule has 22 nitrogen and oxygen atoms in total. The van der Waals surface area contributed by atoms with Crippen LogP contribution in [-0.2, 0) is 31.0 Å². The first-order valence-electron chi connectivity index (χ1n) is 24.0. The number of aliphatic hydroxyl groups is 2. The molecule has 22 heteroatoms. The van der Waals surface area contributed by atoms with Crippen LogP contribution in [0.2, 0.25) is 0 Å². The Hall–Kier alpha value is -7.42. The van der Waals surface area contributed by atoms with E-state index >= 15 is 4.79 Å². The van der Waals surface area contributed by atoms with Crippen molar-refractivity contribution in [3.05, 3.63) is 82.2 Å². The van der Waals surface area contributed by atoms with Gasteiger partial charge in [0, 0.05) is 43.2 Å². The lowest BCUT2D eigenvalue weighted by molar-refractivity contribution is -0.141. The molecule has 2 heterocycles. The summed E-state index contributed by atoms with van der Waals surface area (Å²) in [6.45, 7) is 9.61. The van der Waals surface area contributed by atoms with E-state index in [1.54, 1.807) is 26.0 Å². The summed E-state index contributed by atoms with van der Waals surface area (Å²) in [5, 5.41) is 40.9. The number of carbonyl (C=O) groups excluding carboxylic acids is 5. The molecular formula is C52H69N11O11. The zero-order valence-electron chi connectivity index (χ0n) is 43.3. The number of carbonyl (C=O) groups is 5. The number of aromatic nitrogens is 2. The van der Waals surface area contributed by atoms with Crippen molar-refractivity contribution in [1.29, 1.82) is 5.26 Å². The highest BCUT2D eigenvalue weighted by Crippen LogP contribution is 2.48. The van der Waals surface area contributed by atoms with Crippen molar-refractivity contribution in [1.82, 2.24) is 36.1 Å². The standard InChI is InChI=1S/C52H69N11O11/c1-27-42(28(2)59-46(58-27)31-10-12-33(13-11-31)52(4,5)6)49(68)61-38(14-15-53)51(70)63(7)43-32-21-37(45(72-9)41(22-32)74-26-35(65)24-56)36-18-30(20-40(44(36)71-8)73-25-34(64)23-55)19-39(48(67)57-17-16-54)62-47(66)29(3)60-50(43)69/h10-13,18,20-22,29,34-35,38-39,43,64-65H,14-15,17,19,23-26,53,55-56H2,1-9H3,(H,57,67)(H,60,69)(H,61,68)(H,62,66). The Bertz CT molecular complexity index is 2700. The van der Waals surface area contributed by atoms with Crippen molar-refractivity contribution in [3.8, 4) is 51.6 Å². The van der Waals surface area contributed by atoms with Crippen LogP contribution in [0, 0.1) is 25.2 Å². The molecular weight excluding hydrogens is 955 g/mol. The third-order valence-electron chi connectivity index (χ3n) is 12.3. The van der Waals surface area contributed by atoms with Crippen LogP contribution in [0.4, 0.5) is 0 Å². The topological polar surface area (TPSA) is 342 Å². The van der Waals surface area contributed by atoms with E-state index in [2.05, 4.69) is 52.0 Å². The van der Waals surface area contributed by atoms with Crippen molar-refractivity contribution in [2.75, 3.05) is 60.7 Å². The summed E-state index contributed by atoms with van der Waals surface area (Å²) in [6.07, 6.45) is -2.54. The number of hydrogen-bond acceptors (Lipinski definition) is 17. The van der Waals surface area contributed by atoms with Gasteiger partial charge in [-0.2, -0.15) is 5.26 Å². The highest BCUT2D eigenvalue weighted by atomic mass is 16.5. The SMILES string of the molecule is COc1c(OCC(O)CN)cc2cc1-c1cc(cc(OCC(O)CN)c1OC)C(N(C)C(=O)C(CCN)NC(=O)c1c(C)nc(-c3ccc(C(C)(C)C)cc3)nc1C)C(=O)NC(C)C(=O)NC(C(=O)NCC#N)C2. The lowest BCUT2D eigenvalue weighted by Crippen LogP contribution is -2.56. The third-order valence-corrected chi connectivity index (χ3v) is 12.3. The molecule has 1 aliphatic rings. The van der Waals surface area contributed by atoms with E-state index in [0.717, 1.165) is 16.0 Å². The summed E-state index contributed by atoms with van der Waals surface area (Å²) < 4.78 is 24.2. The second-order valence-electron chi connectivity index (χ2n) is 18.9. The number of likely N-dealkylation sites (N-methyl/N-ethyl adjacent to an activating group) is 1. The van der Waals surface area contributed by atoms with E-state index in [0.29, 0.717) is 22.8 Å². The maximum atomic E-state index is 15.0. The Balaban J connectivity index is 1.69. The first-order valence-corrected chi connectivity index (χ1v) is 24.0. The van der Waals surface area contributed by atoms with Crippen LogP contribution in [0.3, 0.4) is 0 Å². The normalized spacial score (nSPS) is 17.0. The summed E-state index contributed by atoms with van der Waals surface area (Å²) in [6, 6.07) is 10.2. The van der Waals surface area contributed by atoms with Gasteiger partial charge >= 0.3 is 0 Å². The monoisotopic (exact) mass is 1020 g/mol. The van der Waals surface area contributed by atoms with Crippen LogP contribution in [0.1, 0.15) is 78.6 Å². The Labute approximate surface area is 430 Å². The van der Waals surface area contributed by atoms with Crippen LogP contribution >= 0.6 is 0 Å². The number of nitrogens with one attached hydrogen (secondary N) is 4. The highest BCUT2D eigenvalue weighted by molar-refractivity contribution is 6.01. The minimum absolute atomic E-state index is 0.0300. The van der Waals surface area contributed by atoms with E-state index in [1.165, 1.54) is 40.3 Å². The molecule has 1 aliphatic heterocycles. The second-order valence-corrected chi connectivity index (χ2v) is 18.9. The van der Waals surface area contributed by atoms with Crippen molar-refractivity contribution >= 4 is 29.5 Å². The second kappa shape index (κ2) is 25.5. The van der Waals surface area contributed by atoms with Gasteiger partial charge in [0.1, 0.15) is 56.1 Å². The molecule has 74 heavy (non-hydrogen) atoms. The van der Waals surface area contributed by atoms with Crippen molar-refractivity contribution in [2.45, 2.75) is 96.2 Å². The predicted octanol–water partition coefficient (Wildman–Crippen LogP) is 0.971. The van der Waals surface area contributed by atoms with Crippen molar-refractivity contribution in [2.24, 2.45) is 17.2 Å². The van der Waals surface area contributed by atoms with E-state index in [1.807, 2.05) is 30.3 Å². The molecule has 0 radical (unpaired) electrons. The molecule has 5 amide bonds. The van der Waals surface area contributed by atoms with Gasteiger partial charge in [-0.15, -0.1) is 0 Å². The van der Waals surface area contributed by atoms with E-state index in [9.17, 15) is 34.7 Å². The average Bonchev–Trinajstić information content (AvgIpc) is 3.36. The van der Waals surface area contributed by atoms with Gasteiger partial charge < -0.3 is 72.5 Å². The zero-order chi connectivity index (χ0) is 54.6. The first-order chi connectivity index (χ1) is 35.1. The van der Waals surface area contributed by atoms with Gasteiger partial charge in [0.25, 0.3) is 5.91 Å². The number of methoxy groups -OCH3 is 2. The predicted molar refractivity (Wildman–Crippen MR) is 274 cm³/mol. The molecule has 4 aromatic rings. The number of fused-ring (bicyclic) bond motifs is 5. The number of amides is 5. The minimum Gasteiger partial charge on any atom is -0.492 e. The van der Waals surface area contributed by atoms with Crippen molar-refractivity contribution < 1.29 is 53.1 Å². The lowest BCUT2D eigenvalue weighted by Gasteiger charge is -2.33. The Kier molecular flexibility index (Phi) is 19.8. The third kappa shape index (κ3) is 13.8. The molecule has 4 bridgehead atoms. The molecule has 0 saturated heterocycles. The number of ether oxygens (including phenoxy) is 4. The van der Waals surface area contributed by atoms with Gasteiger partial charge in [0.15, 0.2) is 28.8 Å². The summed E-state index contributed by atoms with van der Waals surface area (Å²) in [4.78, 5) is 82.3. The molecule has 1 aromatic heterocycles. The van der Waals surface area contributed by atoms with Gasteiger partial charge in [-0.3, -0.25) is 24.0 Å². The number of nitrogens with zero attached hydrogens (tertiary/aromatic N) is 4. The van der Waals surface area contributed by atoms with Gasteiger partial charge in [0.05, 0.1) is 37.2 Å². The first kappa shape index (κ1) is 57.5. The molecule has 12 N–H and O–H groups in total. The molecule has 6 unspecified atom stereocenters. The van der Waals surface area contributed by atoms with Gasteiger partial charge in [-0.05, 0) is 80.1 Å². The average molecular weight is 1020 g/mol. The lowest BCUT2D eigenvalue weighted by atomic mass is 9.86. The fourth-order valence-electron chi connectivity index (χ4n) is 8.32. The Morgan fingerprint density at radius 2 is 1.45 bits per heavy atom. The molecule has 0 aliphatic carbocycles. The molecule has 398 valence electrons. The molecule has 6 atom stereocenters. The van der Waals surface area contributed by atoms with E-state index in [-0.39, 0.29) is 103 Å². The highest BCUT2D eigenvalue weighted by Gasteiger charge is 2.38. The van der Waals surface area contributed by atoms with Crippen molar-refractivity contribution in [3.63, 3.8) is 0 Å². The number of rotatable bonds is 19. The van der Waals surface area contributed by atoms with Crippen LogP contribution in [-0.4, -0.2) is 146 Å². The van der Waals surface area contributed by atoms with Crippen LogP contribution in [0.5, 0.6) is 23.0 Å². The quantitative estimate of drug-likeness (QED) is 0.0591. The minimum atomic E-state index is -1.63. The fourth-order valence-corrected chi connectivity index (χ4v) is 8.32. The Morgan fingerprint density at radius 3 is 1.97 bits per heavy atom. The number of nitrogens with two attached hydrogens (primary N) is 3. The molecule has 3 aromatic carbocycles. The number of hydrogen-bond donors (Lipinski definition) is 9. The number of aryl methyl sites for hydroxylation is 2. The van der Waals surface area contributed by atoms with E-state index < -0.39 is 65.9 Å². The molecule has 5 rings (SSSR count). The summed E-state index contributed by atoms with van der Waals surface area (Å²) in [5.41, 5.74) is 21.0. The maximum Gasteiger partial charge on any atom is 0.255 e. The Morgan fingerprint density at radius 1 is 0.878 bits per heavy atom.